The second kappa shape index (κ2) is 6.37. The first-order chi connectivity index (χ1) is 9.58. The fourth-order valence-corrected chi connectivity index (χ4v) is 2.04. The third-order valence-corrected chi connectivity index (χ3v) is 3.73. The number of nitrogens with zero attached hydrogens (tertiary/aromatic N) is 1. The maximum atomic E-state index is 8.79. The van der Waals surface area contributed by atoms with E-state index < -0.39 is 0 Å². The van der Waals surface area contributed by atoms with Crippen LogP contribution in [0.5, 0.6) is 5.75 Å². The number of amidine groups is 1. The molecule has 0 unspecified atom stereocenters. The van der Waals surface area contributed by atoms with Gasteiger partial charge in [0.2, 0.25) is 0 Å². The Morgan fingerprint density at radius 2 is 1.86 bits per heavy atom. The first-order valence-electron chi connectivity index (χ1n) is 7.30. The second-order valence-corrected chi connectivity index (χ2v) is 7.22. The molecule has 0 bridgehead atoms. The van der Waals surface area contributed by atoms with Crippen molar-refractivity contribution in [1.29, 1.82) is 0 Å². The van der Waals surface area contributed by atoms with E-state index in [0.29, 0.717) is 13.0 Å². The number of ether oxygens (including phenoxy) is 1. The number of nitrogens with two attached hydrogens (primary N) is 1. The van der Waals surface area contributed by atoms with Gasteiger partial charge in [-0.2, -0.15) is 0 Å². The van der Waals surface area contributed by atoms with Gasteiger partial charge in [-0.25, -0.2) is 0 Å². The van der Waals surface area contributed by atoms with Crippen molar-refractivity contribution in [1.82, 2.24) is 0 Å². The van der Waals surface area contributed by atoms with Crippen LogP contribution in [0.15, 0.2) is 23.4 Å². The molecular weight excluding hydrogens is 264 g/mol. The van der Waals surface area contributed by atoms with Crippen LogP contribution in [0.1, 0.15) is 52.2 Å². The van der Waals surface area contributed by atoms with E-state index in [4.69, 9.17) is 15.7 Å². The molecule has 4 nitrogen and oxygen atoms in total. The van der Waals surface area contributed by atoms with Crippen molar-refractivity contribution < 1.29 is 9.94 Å². The van der Waals surface area contributed by atoms with Gasteiger partial charge in [0.05, 0.1) is 6.61 Å². The van der Waals surface area contributed by atoms with Crippen LogP contribution in [0.4, 0.5) is 0 Å². The fraction of sp³-hybridized carbons (Fsp3) is 0.588. The molecule has 0 saturated heterocycles. The molecule has 3 N–H and O–H groups in total. The molecule has 0 aliphatic heterocycles. The van der Waals surface area contributed by atoms with Gasteiger partial charge in [0.15, 0.2) is 0 Å². The molecule has 118 valence electrons. The van der Waals surface area contributed by atoms with E-state index in [0.717, 1.165) is 5.75 Å². The van der Waals surface area contributed by atoms with Crippen LogP contribution in [0.25, 0.3) is 0 Å². The van der Waals surface area contributed by atoms with Crippen LogP contribution in [0.2, 0.25) is 0 Å². The summed E-state index contributed by atoms with van der Waals surface area (Å²) in [4.78, 5) is 0. The van der Waals surface area contributed by atoms with Crippen molar-refractivity contribution in [2.75, 3.05) is 6.61 Å². The molecule has 0 aromatic heterocycles. The Morgan fingerprint density at radius 3 is 2.38 bits per heavy atom. The van der Waals surface area contributed by atoms with Crippen molar-refractivity contribution in [2.24, 2.45) is 16.3 Å². The number of benzene rings is 1. The van der Waals surface area contributed by atoms with E-state index in [1.165, 1.54) is 11.1 Å². The minimum absolute atomic E-state index is 0.0302. The summed E-state index contributed by atoms with van der Waals surface area (Å²) in [5.74, 6) is 1.13. The SMILES string of the molecule is Cc1ccc(OCCC(C)(C)C(N)=NO)c(C(C)(C)C)c1. The summed E-state index contributed by atoms with van der Waals surface area (Å²) in [6.07, 6.45) is 0.681. The van der Waals surface area contributed by atoms with Crippen molar-refractivity contribution in [3.63, 3.8) is 0 Å². The molecule has 0 aliphatic rings. The van der Waals surface area contributed by atoms with Crippen LogP contribution >= 0.6 is 0 Å². The number of hydrogen-bond donors (Lipinski definition) is 2. The summed E-state index contributed by atoms with van der Waals surface area (Å²) in [5, 5.41) is 11.9. The molecule has 0 atom stereocenters. The molecule has 0 fully saturated rings. The van der Waals surface area contributed by atoms with E-state index >= 15 is 0 Å². The minimum Gasteiger partial charge on any atom is -0.493 e. The molecule has 1 aromatic carbocycles. The van der Waals surface area contributed by atoms with Crippen molar-refractivity contribution in [2.45, 2.75) is 53.4 Å². The summed E-state index contributed by atoms with van der Waals surface area (Å²) in [6, 6.07) is 6.25. The minimum atomic E-state index is -0.388. The topological polar surface area (TPSA) is 67.8 Å². The van der Waals surface area contributed by atoms with E-state index in [1.807, 2.05) is 19.9 Å². The van der Waals surface area contributed by atoms with Gasteiger partial charge in [-0.3, -0.25) is 0 Å². The Kier molecular flexibility index (Phi) is 5.26. The fourth-order valence-electron chi connectivity index (χ4n) is 2.04. The van der Waals surface area contributed by atoms with Gasteiger partial charge in [-0.1, -0.05) is 57.5 Å². The highest BCUT2D eigenvalue weighted by atomic mass is 16.5. The highest BCUT2D eigenvalue weighted by molar-refractivity contribution is 5.85. The van der Waals surface area contributed by atoms with Gasteiger partial charge in [0, 0.05) is 5.41 Å². The summed E-state index contributed by atoms with van der Waals surface area (Å²) in [6.45, 7) is 13.0. The van der Waals surface area contributed by atoms with Crippen LogP contribution in [0.3, 0.4) is 0 Å². The van der Waals surface area contributed by atoms with Gasteiger partial charge in [-0.05, 0) is 30.4 Å². The Bertz CT molecular complexity index is 514. The van der Waals surface area contributed by atoms with Gasteiger partial charge in [0.1, 0.15) is 11.6 Å². The summed E-state index contributed by atoms with van der Waals surface area (Å²) in [5.41, 5.74) is 7.76. The second-order valence-electron chi connectivity index (χ2n) is 7.22. The zero-order valence-corrected chi connectivity index (χ0v) is 14.0. The van der Waals surface area contributed by atoms with Gasteiger partial charge in [-0.15, -0.1) is 0 Å². The molecule has 1 aromatic rings. The molecule has 0 spiro atoms. The standard InChI is InChI=1S/C17H28N2O2/c1-12-7-8-14(13(11-12)16(2,3)4)21-10-9-17(5,6)15(18)19-20/h7-8,11,20H,9-10H2,1-6H3,(H2,18,19). The monoisotopic (exact) mass is 292 g/mol. The van der Waals surface area contributed by atoms with E-state index in [1.54, 1.807) is 0 Å². The smallest absolute Gasteiger partial charge is 0.144 e. The van der Waals surface area contributed by atoms with Crippen molar-refractivity contribution >= 4 is 5.84 Å². The highest BCUT2D eigenvalue weighted by Gasteiger charge is 2.24. The average molecular weight is 292 g/mol. The molecule has 0 radical (unpaired) electrons. The maximum absolute atomic E-state index is 8.79. The molecule has 1 rings (SSSR count). The lowest BCUT2D eigenvalue weighted by Gasteiger charge is -2.26. The van der Waals surface area contributed by atoms with E-state index in [2.05, 4.69) is 45.0 Å². The first-order valence-corrected chi connectivity index (χ1v) is 7.30. The zero-order chi connectivity index (χ0) is 16.3. The molecule has 21 heavy (non-hydrogen) atoms. The first kappa shape index (κ1) is 17.3. The highest BCUT2D eigenvalue weighted by Crippen LogP contribution is 2.32. The number of aryl methyl sites for hydroxylation is 1. The third kappa shape index (κ3) is 4.66. The van der Waals surface area contributed by atoms with Crippen molar-refractivity contribution in [3.05, 3.63) is 29.3 Å². The molecule has 0 aliphatic carbocycles. The van der Waals surface area contributed by atoms with Gasteiger partial charge in [0.25, 0.3) is 0 Å². The quantitative estimate of drug-likeness (QED) is 0.375. The predicted molar refractivity (Wildman–Crippen MR) is 87.2 cm³/mol. The van der Waals surface area contributed by atoms with Gasteiger partial charge < -0.3 is 15.7 Å². The predicted octanol–water partition coefficient (Wildman–Crippen LogP) is 3.83. The van der Waals surface area contributed by atoms with Crippen LogP contribution in [-0.2, 0) is 5.41 Å². The Balaban J connectivity index is 2.82. The van der Waals surface area contributed by atoms with Crippen LogP contribution in [-0.4, -0.2) is 17.6 Å². The van der Waals surface area contributed by atoms with Crippen LogP contribution in [0, 0.1) is 12.3 Å². The lowest BCUT2D eigenvalue weighted by Crippen LogP contribution is -2.33. The number of oxime groups is 1. The molecule has 0 heterocycles. The molecule has 0 amide bonds. The number of hydrogen-bond acceptors (Lipinski definition) is 3. The molecule has 0 saturated carbocycles. The lowest BCUT2D eigenvalue weighted by molar-refractivity contribution is 0.255. The van der Waals surface area contributed by atoms with Crippen LogP contribution < -0.4 is 10.5 Å². The molecule has 4 heteroatoms. The van der Waals surface area contributed by atoms with E-state index in [9.17, 15) is 0 Å². The van der Waals surface area contributed by atoms with Gasteiger partial charge >= 0.3 is 0 Å². The Hall–Kier alpha value is -1.71. The normalized spacial score (nSPS) is 13.3. The third-order valence-electron chi connectivity index (χ3n) is 3.73. The number of rotatable bonds is 5. The molecular formula is C17H28N2O2. The maximum Gasteiger partial charge on any atom is 0.144 e. The Labute approximate surface area is 128 Å². The largest absolute Gasteiger partial charge is 0.493 e. The summed E-state index contributed by atoms with van der Waals surface area (Å²) >= 11 is 0. The lowest BCUT2D eigenvalue weighted by atomic mass is 9.85. The Morgan fingerprint density at radius 1 is 1.24 bits per heavy atom. The summed E-state index contributed by atoms with van der Waals surface area (Å²) < 4.78 is 5.96. The summed E-state index contributed by atoms with van der Waals surface area (Å²) in [7, 11) is 0. The van der Waals surface area contributed by atoms with Crippen molar-refractivity contribution in [3.8, 4) is 5.75 Å². The zero-order valence-electron chi connectivity index (χ0n) is 14.0. The average Bonchev–Trinajstić information content (AvgIpc) is 2.38. The van der Waals surface area contributed by atoms with E-state index in [-0.39, 0.29) is 16.7 Å².